The minimum atomic E-state index is -4.20. The number of rotatable bonds is 6. The number of hydrogen-bond donors (Lipinski definition) is 2. The molecule has 7 heteroatoms. The molecule has 0 aromatic heterocycles. The highest BCUT2D eigenvalue weighted by Gasteiger charge is 2.27. The van der Waals surface area contributed by atoms with Crippen LogP contribution < -0.4 is 15.8 Å². The van der Waals surface area contributed by atoms with Crippen LogP contribution in [0.25, 0.3) is 0 Å². The number of para-hydroxylation sites is 1. The molecule has 0 amide bonds. The number of ether oxygens (including phenoxy) is 1. The topological polar surface area (TPSA) is 47.3 Å². The molecule has 19 heavy (non-hydrogen) atoms. The van der Waals surface area contributed by atoms with E-state index >= 15 is 0 Å². The van der Waals surface area contributed by atoms with Crippen LogP contribution >= 0.6 is 11.8 Å². The summed E-state index contributed by atoms with van der Waals surface area (Å²) in [7, 11) is 0. The second-order valence-corrected chi connectivity index (χ2v) is 5.26. The van der Waals surface area contributed by atoms with Crippen molar-refractivity contribution in [3.63, 3.8) is 0 Å². The molecule has 0 fully saturated rings. The molecule has 0 aliphatic rings. The Kier molecular flexibility index (Phi) is 5.65. The molecule has 0 radical (unpaired) electrons. The van der Waals surface area contributed by atoms with Crippen molar-refractivity contribution in [2.45, 2.75) is 25.5 Å². The van der Waals surface area contributed by atoms with Gasteiger partial charge in [-0.2, -0.15) is 13.2 Å². The largest absolute Gasteiger partial charge is 0.489 e. The maximum absolute atomic E-state index is 12.0. The number of nitrogen functional groups attached to an aromatic ring is 1. The van der Waals surface area contributed by atoms with Crippen molar-refractivity contribution in [1.29, 1.82) is 0 Å². The monoisotopic (exact) mass is 294 g/mol. The summed E-state index contributed by atoms with van der Waals surface area (Å²) in [5.74, 6) is 0.460. The number of halogens is 3. The van der Waals surface area contributed by atoms with E-state index in [0.29, 0.717) is 17.1 Å². The van der Waals surface area contributed by atoms with Crippen molar-refractivity contribution < 1.29 is 17.9 Å². The number of alkyl halides is 3. The summed E-state index contributed by atoms with van der Waals surface area (Å²) in [6.45, 7) is 3.93. The lowest BCUT2D eigenvalue weighted by Gasteiger charge is -2.15. The smallest absolute Gasteiger partial charge is 0.441 e. The first-order valence-electron chi connectivity index (χ1n) is 5.79. The van der Waals surface area contributed by atoms with Crippen LogP contribution in [0, 0.1) is 0 Å². The van der Waals surface area contributed by atoms with Gasteiger partial charge in [-0.25, -0.2) is 0 Å². The maximum atomic E-state index is 12.0. The van der Waals surface area contributed by atoms with Gasteiger partial charge < -0.3 is 15.8 Å². The second-order valence-electron chi connectivity index (χ2n) is 4.10. The van der Waals surface area contributed by atoms with Gasteiger partial charge in [0.25, 0.3) is 0 Å². The number of thioether (sulfide) groups is 1. The summed E-state index contributed by atoms with van der Waals surface area (Å²) in [6.07, 6.45) is -0.0154. The van der Waals surface area contributed by atoms with E-state index < -0.39 is 5.51 Å². The van der Waals surface area contributed by atoms with Crippen LogP contribution in [0.5, 0.6) is 5.75 Å². The Morgan fingerprint density at radius 2 is 2.05 bits per heavy atom. The van der Waals surface area contributed by atoms with Crippen molar-refractivity contribution in [3.8, 4) is 5.75 Å². The van der Waals surface area contributed by atoms with Gasteiger partial charge in [0.2, 0.25) is 0 Å². The van der Waals surface area contributed by atoms with Crippen LogP contribution in [0.4, 0.5) is 24.5 Å². The Bertz CT molecular complexity index is 410. The first-order valence-corrected chi connectivity index (χ1v) is 6.78. The normalized spacial score (nSPS) is 11.7. The molecule has 0 saturated heterocycles. The van der Waals surface area contributed by atoms with Gasteiger partial charge in [0.15, 0.2) is 0 Å². The molecule has 0 unspecified atom stereocenters. The van der Waals surface area contributed by atoms with E-state index in [9.17, 15) is 13.2 Å². The molecule has 108 valence electrons. The Morgan fingerprint density at radius 3 is 2.63 bits per heavy atom. The van der Waals surface area contributed by atoms with Gasteiger partial charge in [0, 0.05) is 12.3 Å². The molecule has 0 bridgehead atoms. The third kappa shape index (κ3) is 5.96. The highest BCUT2D eigenvalue weighted by molar-refractivity contribution is 8.00. The summed E-state index contributed by atoms with van der Waals surface area (Å²) >= 11 is -0.0610. The van der Waals surface area contributed by atoms with Crippen molar-refractivity contribution in [1.82, 2.24) is 0 Å². The number of benzene rings is 1. The lowest BCUT2D eigenvalue weighted by molar-refractivity contribution is -0.0327. The quantitative estimate of drug-likeness (QED) is 0.620. The first-order chi connectivity index (χ1) is 8.79. The Balaban J connectivity index is 2.54. The lowest BCUT2D eigenvalue weighted by atomic mass is 10.2. The summed E-state index contributed by atoms with van der Waals surface area (Å²) < 4.78 is 41.4. The maximum Gasteiger partial charge on any atom is 0.441 e. The van der Waals surface area contributed by atoms with Crippen LogP contribution in [0.1, 0.15) is 13.8 Å². The van der Waals surface area contributed by atoms with Crippen LogP contribution in [0.3, 0.4) is 0 Å². The predicted octanol–water partition coefficient (Wildman–Crippen LogP) is 3.72. The standard InChI is InChI=1S/C12H17F3N2OS/c1-8(2)18-10-5-3-4-9(11(10)16)17-6-7-19-12(13,14)15/h3-5,8,17H,6-7,16H2,1-2H3. The molecule has 0 spiro atoms. The molecule has 3 N–H and O–H groups in total. The zero-order valence-corrected chi connectivity index (χ0v) is 11.6. The van der Waals surface area contributed by atoms with E-state index in [1.165, 1.54) is 0 Å². The first kappa shape index (κ1) is 15.8. The average Bonchev–Trinajstić information content (AvgIpc) is 2.27. The Labute approximate surface area is 114 Å². The van der Waals surface area contributed by atoms with Gasteiger partial charge in [-0.3, -0.25) is 0 Å². The minimum Gasteiger partial charge on any atom is -0.489 e. The van der Waals surface area contributed by atoms with Crippen LogP contribution in [0.2, 0.25) is 0 Å². The summed E-state index contributed by atoms with van der Waals surface area (Å²) in [6, 6.07) is 5.18. The van der Waals surface area contributed by atoms with E-state index in [1.54, 1.807) is 18.2 Å². The van der Waals surface area contributed by atoms with Gasteiger partial charge in [-0.15, -0.1) is 0 Å². The highest BCUT2D eigenvalue weighted by Crippen LogP contribution is 2.32. The molecule has 0 heterocycles. The summed E-state index contributed by atoms with van der Waals surface area (Å²) in [5.41, 5.74) is 2.68. The van der Waals surface area contributed by atoms with E-state index in [-0.39, 0.29) is 30.2 Å². The molecule has 0 saturated carbocycles. The predicted molar refractivity (Wildman–Crippen MR) is 73.6 cm³/mol. The van der Waals surface area contributed by atoms with E-state index in [4.69, 9.17) is 10.5 Å². The minimum absolute atomic E-state index is 0.0154. The fraction of sp³-hybridized carbons (Fsp3) is 0.500. The zero-order valence-electron chi connectivity index (χ0n) is 10.8. The van der Waals surface area contributed by atoms with Crippen LogP contribution in [-0.2, 0) is 0 Å². The molecule has 1 aromatic carbocycles. The number of anilines is 2. The number of nitrogens with one attached hydrogen (secondary N) is 1. The Hall–Kier alpha value is -1.24. The summed E-state index contributed by atoms with van der Waals surface area (Å²) in [4.78, 5) is 0. The lowest BCUT2D eigenvalue weighted by Crippen LogP contribution is -2.12. The van der Waals surface area contributed by atoms with E-state index in [1.807, 2.05) is 13.8 Å². The molecule has 1 rings (SSSR count). The molecular weight excluding hydrogens is 277 g/mol. The van der Waals surface area contributed by atoms with Crippen molar-refractivity contribution in [2.75, 3.05) is 23.3 Å². The highest BCUT2D eigenvalue weighted by atomic mass is 32.2. The molecule has 1 aromatic rings. The van der Waals surface area contributed by atoms with Gasteiger partial charge in [0.05, 0.1) is 17.5 Å². The fourth-order valence-corrected chi connectivity index (χ4v) is 1.84. The van der Waals surface area contributed by atoms with Crippen molar-refractivity contribution in [3.05, 3.63) is 18.2 Å². The van der Waals surface area contributed by atoms with Gasteiger partial charge in [-0.1, -0.05) is 6.07 Å². The van der Waals surface area contributed by atoms with E-state index in [0.717, 1.165) is 0 Å². The zero-order chi connectivity index (χ0) is 14.5. The number of nitrogens with two attached hydrogens (primary N) is 1. The number of hydrogen-bond acceptors (Lipinski definition) is 4. The third-order valence-electron chi connectivity index (χ3n) is 2.11. The Morgan fingerprint density at radius 1 is 1.37 bits per heavy atom. The van der Waals surface area contributed by atoms with Crippen molar-refractivity contribution >= 4 is 23.1 Å². The second kappa shape index (κ2) is 6.79. The van der Waals surface area contributed by atoms with Gasteiger partial charge in [0.1, 0.15) is 5.75 Å². The van der Waals surface area contributed by atoms with Gasteiger partial charge in [-0.05, 0) is 37.7 Å². The molecule has 0 aliphatic heterocycles. The molecule has 3 nitrogen and oxygen atoms in total. The molecule has 0 atom stereocenters. The molecule has 0 aliphatic carbocycles. The van der Waals surface area contributed by atoms with Crippen LogP contribution in [-0.4, -0.2) is 23.9 Å². The third-order valence-corrected chi connectivity index (χ3v) is 2.85. The summed E-state index contributed by atoms with van der Waals surface area (Å²) in [5, 5.41) is 2.87. The fourth-order valence-electron chi connectivity index (χ4n) is 1.41. The molecular formula is C12H17F3N2OS. The average molecular weight is 294 g/mol. The van der Waals surface area contributed by atoms with Crippen LogP contribution in [0.15, 0.2) is 18.2 Å². The van der Waals surface area contributed by atoms with Crippen molar-refractivity contribution in [2.24, 2.45) is 0 Å². The van der Waals surface area contributed by atoms with Gasteiger partial charge >= 0.3 is 5.51 Å². The van der Waals surface area contributed by atoms with E-state index in [2.05, 4.69) is 5.32 Å². The SMILES string of the molecule is CC(C)Oc1cccc(NCCSC(F)(F)F)c1N.